The van der Waals surface area contributed by atoms with Gasteiger partial charge >= 0.3 is 5.97 Å². The molecule has 3 N–H and O–H groups in total. The van der Waals surface area contributed by atoms with Crippen LogP contribution in [-0.4, -0.2) is 29.7 Å². The normalized spacial score (nSPS) is 11.3. The summed E-state index contributed by atoms with van der Waals surface area (Å²) in [5.41, 5.74) is 0.672. The van der Waals surface area contributed by atoms with Gasteiger partial charge in [0.25, 0.3) is 10.0 Å². The van der Waals surface area contributed by atoms with Crippen LogP contribution in [0.25, 0.3) is 0 Å². The quantitative estimate of drug-likeness (QED) is 0.772. The molecule has 0 aliphatic carbocycles. The maximum absolute atomic E-state index is 12.3. The molecular weight excluding hydrogens is 350 g/mol. The summed E-state index contributed by atoms with van der Waals surface area (Å²) in [5.74, 6) is -1.19. The highest BCUT2D eigenvalue weighted by atomic mass is 79.9. The minimum absolute atomic E-state index is 0.0988. The number of aromatic nitrogens is 2. The molecule has 0 saturated carbocycles. The number of carboxylic acid groups (broad SMARTS) is 1. The summed E-state index contributed by atoms with van der Waals surface area (Å²) >= 11 is 3.17. The Morgan fingerprint density at radius 3 is 2.70 bits per heavy atom. The zero-order valence-corrected chi connectivity index (χ0v) is 12.6. The van der Waals surface area contributed by atoms with Gasteiger partial charge in [-0.2, -0.15) is 5.10 Å². The second-order valence-corrected chi connectivity index (χ2v) is 6.45. The summed E-state index contributed by atoms with van der Waals surface area (Å²) in [6, 6.07) is 2.49. The largest absolute Gasteiger partial charge is 0.478 e. The summed E-state index contributed by atoms with van der Waals surface area (Å²) in [7, 11) is -3.91. The van der Waals surface area contributed by atoms with E-state index in [2.05, 4.69) is 30.8 Å². The number of aromatic amines is 1. The molecule has 0 aliphatic heterocycles. The number of sulfonamides is 1. The van der Waals surface area contributed by atoms with Crippen LogP contribution in [0.3, 0.4) is 0 Å². The Kier molecular flexibility index (Phi) is 3.82. The third-order valence-electron chi connectivity index (χ3n) is 2.51. The third kappa shape index (κ3) is 2.83. The Hall–Kier alpha value is -1.87. The summed E-state index contributed by atoms with van der Waals surface area (Å²) in [5, 5.41) is 15.1. The number of aryl methyl sites for hydroxylation is 1. The van der Waals surface area contributed by atoms with Gasteiger partial charge in [0.1, 0.15) is 4.90 Å². The van der Waals surface area contributed by atoms with Gasteiger partial charge in [0.2, 0.25) is 0 Å². The predicted octanol–water partition coefficient (Wildman–Crippen LogP) is 1.98. The van der Waals surface area contributed by atoms with Crippen LogP contribution in [0.15, 0.2) is 33.9 Å². The molecule has 2 rings (SSSR count). The van der Waals surface area contributed by atoms with Gasteiger partial charge in [-0.3, -0.25) is 9.82 Å². The van der Waals surface area contributed by atoms with Crippen molar-refractivity contribution in [1.82, 2.24) is 10.2 Å². The monoisotopic (exact) mass is 359 g/mol. The first-order valence-corrected chi connectivity index (χ1v) is 7.64. The maximum Gasteiger partial charge on any atom is 0.335 e. The smallest absolute Gasteiger partial charge is 0.335 e. The Bertz CT molecular complexity index is 756. The van der Waals surface area contributed by atoms with Crippen molar-refractivity contribution in [1.29, 1.82) is 0 Å². The van der Waals surface area contributed by atoms with E-state index < -0.39 is 16.0 Å². The van der Waals surface area contributed by atoms with Gasteiger partial charge in [0, 0.05) is 10.7 Å². The Balaban J connectivity index is 2.53. The molecule has 0 atom stereocenters. The van der Waals surface area contributed by atoms with Gasteiger partial charge in [0.15, 0.2) is 0 Å². The van der Waals surface area contributed by atoms with Crippen LogP contribution in [0.2, 0.25) is 0 Å². The van der Waals surface area contributed by atoms with Crippen molar-refractivity contribution < 1.29 is 18.3 Å². The van der Waals surface area contributed by atoms with E-state index in [9.17, 15) is 13.2 Å². The molecule has 0 fully saturated rings. The highest BCUT2D eigenvalue weighted by molar-refractivity contribution is 9.10. The summed E-state index contributed by atoms with van der Waals surface area (Å²) in [4.78, 5) is 10.9. The molecule has 0 amide bonds. The molecule has 0 radical (unpaired) electrons. The lowest BCUT2D eigenvalue weighted by Crippen LogP contribution is -2.14. The van der Waals surface area contributed by atoms with Gasteiger partial charge in [-0.15, -0.1) is 0 Å². The van der Waals surface area contributed by atoms with E-state index in [4.69, 9.17) is 5.11 Å². The molecule has 0 bridgehead atoms. The second kappa shape index (κ2) is 5.25. The van der Waals surface area contributed by atoms with Gasteiger partial charge in [0.05, 0.1) is 17.4 Å². The number of anilines is 1. The van der Waals surface area contributed by atoms with Gasteiger partial charge in [-0.1, -0.05) is 0 Å². The number of hydrogen-bond donors (Lipinski definition) is 3. The van der Waals surface area contributed by atoms with E-state index in [1.807, 2.05) is 0 Å². The number of rotatable bonds is 4. The number of carbonyl (C=O) groups is 1. The number of benzene rings is 1. The Morgan fingerprint density at radius 1 is 1.45 bits per heavy atom. The van der Waals surface area contributed by atoms with Crippen molar-refractivity contribution in [2.24, 2.45) is 0 Å². The fraction of sp³-hybridized carbons (Fsp3) is 0.0909. The van der Waals surface area contributed by atoms with Gasteiger partial charge in [-0.05, 0) is 40.5 Å². The van der Waals surface area contributed by atoms with Crippen molar-refractivity contribution >= 4 is 37.6 Å². The van der Waals surface area contributed by atoms with E-state index in [1.54, 1.807) is 6.92 Å². The lowest BCUT2D eigenvalue weighted by molar-refractivity contribution is 0.0696. The molecule has 106 valence electrons. The first-order chi connectivity index (χ1) is 9.31. The average molecular weight is 360 g/mol. The zero-order valence-electron chi connectivity index (χ0n) is 10.2. The topological polar surface area (TPSA) is 112 Å². The number of carboxylic acids is 1. The fourth-order valence-corrected chi connectivity index (χ4v) is 3.65. The number of H-pyrrole nitrogens is 1. The standard InChI is InChI=1S/C11H10BrN3O4S/c1-6-2-7(11(16)17)3-9(10(6)12)20(18,19)15-8-4-13-14-5-8/h2-5,15H,1H3,(H,13,14)(H,16,17). The molecule has 0 saturated heterocycles. The lowest BCUT2D eigenvalue weighted by Gasteiger charge is -2.11. The van der Waals surface area contributed by atoms with Crippen molar-refractivity contribution in [3.63, 3.8) is 0 Å². The molecule has 1 heterocycles. The summed E-state index contributed by atoms with van der Waals surface area (Å²) < 4.78 is 27.2. The molecule has 0 spiro atoms. The van der Waals surface area contributed by atoms with E-state index in [0.717, 1.165) is 6.07 Å². The van der Waals surface area contributed by atoms with Crippen LogP contribution < -0.4 is 4.72 Å². The Morgan fingerprint density at radius 2 is 2.15 bits per heavy atom. The molecule has 1 aromatic carbocycles. The van der Waals surface area contributed by atoms with Crippen LogP contribution in [0.5, 0.6) is 0 Å². The van der Waals surface area contributed by atoms with Crippen LogP contribution in [0, 0.1) is 6.92 Å². The highest BCUT2D eigenvalue weighted by Crippen LogP contribution is 2.28. The minimum atomic E-state index is -3.91. The maximum atomic E-state index is 12.3. The highest BCUT2D eigenvalue weighted by Gasteiger charge is 2.22. The lowest BCUT2D eigenvalue weighted by atomic mass is 10.1. The average Bonchev–Trinajstić information content (AvgIpc) is 2.83. The predicted molar refractivity (Wildman–Crippen MR) is 75.2 cm³/mol. The first kappa shape index (κ1) is 14.5. The van der Waals surface area contributed by atoms with Gasteiger partial charge in [-0.25, -0.2) is 13.2 Å². The second-order valence-electron chi connectivity index (χ2n) is 4.00. The molecule has 20 heavy (non-hydrogen) atoms. The number of nitrogens with zero attached hydrogens (tertiary/aromatic N) is 1. The third-order valence-corrected chi connectivity index (χ3v) is 5.23. The van der Waals surface area contributed by atoms with E-state index >= 15 is 0 Å². The van der Waals surface area contributed by atoms with E-state index in [0.29, 0.717) is 10.0 Å². The van der Waals surface area contributed by atoms with Crippen molar-refractivity contribution in [2.45, 2.75) is 11.8 Å². The van der Waals surface area contributed by atoms with Crippen molar-refractivity contribution in [2.75, 3.05) is 4.72 Å². The molecule has 0 unspecified atom stereocenters. The first-order valence-electron chi connectivity index (χ1n) is 5.36. The molecule has 9 heteroatoms. The number of halogens is 1. The molecule has 7 nitrogen and oxygen atoms in total. The fourth-order valence-electron chi connectivity index (χ4n) is 1.57. The number of aromatic carboxylic acids is 1. The van der Waals surface area contributed by atoms with Crippen LogP contribution >= 0.6 is 15.9 Å². The molecule has 1 aromatic heterocycles. The Labute approximate surface area is 123 Å². The van der Waals surface area contributed by atoms with Crippen LogP contribution in [0.1, 0.15) is 15.9 Å². The van der Waals surface area contributed by atoms with Gasteiger partial charge < -0.3 is 5.11 Å². The van der Waals surface area contributed by atoms with Crippen LogP contribution in [0.4, 0.5) is 5.69 Å². The zero-order chi connectivity index (χ0) is 14.9. The van der Waals surface area contributed by atoms with Crippen LogP contribution in [-0.2, 0) is 10.0 Å². The SMILES string of the molecule is Cc1cc(C(=O)O)cc(S(=O)(=O)Nc2cn[nH]c2)c1Br. The van der Waals surface area contributed by atoms with Crippen molar-refractivity contribution in [3.05, 3.63) is 40.1 Å². The molecule has 0 aliphatic rings. The van der Waals surface area contributed by atoms with Crippen molar-refractivity contribution in [3.8, 4) is 0 Å². The molecule has 2 aromatic rings. The minimum Gasteiger partial charge on any atom is -0.478 e. The molecular formula is C11H10BrN3O4S. The summed E-state index contributed by atoms with van der Waals surface area (Å²) in [6.45, 7) is 1.62. The number of nitrogens with one attached hydrogen (secondary N) is 2. The van der Waals surface area contributed by atoms with E-state index in [1.165, 1.54) is 18.5 Å². The number of hydrogen-bond acceptors (Lipinski definition) is 4. The van der Waals surface area contributed by atoms with E-state index in [-0.39, 0.29) is 16.1 Å². The summed E-state index contributed by atoms with van der Waals surface area (Å²) in [6.07, 6.45) is 2.68.